The van der Waals surface area contributed by atoms with Gasteiger partial charge in [0.2, 0.25) is 0 Å². The minimum absolute atomic E-state index is 0.0852. The molecule has 0 saturated heterocycles. The molecule has 0 bridgehead atoms. The van der Waals surface area contributed by atoms with Gasteiger partial charge in [-0.05, 0) is 31.0 Å². The first-order chi connectivity index (χ1) is 7.04. The highest BCUT2D eigenvalue weighted by Crippen LogP contribution is 2.30. The zero-order valence-corrected chi connectivity index (χ0v) is 11.9. The highest BCUT2D eigenvalue weighted by molar-refractivity contribution is 9.10. The molecular formula is C12H18BrNS. The molecule has 0 aliphatic carbocycles. The van der Waals surface area contributed by atoms with Gasteiger partial charge < -0.3 is 5.73 Å². The second-order valence-corrected chi connectivity index (χ2v) is 6.17. The molecule has 1 rings (SSSR count). The number of rotatable bonds is 4. The summed E-state index contributed by atoms with van der Waals surface area (Å²) in [5.74, 6) is 0. The van der Waals surface area contributed by atoms with E-state index in [9.17, 15) is 0 Å². The fraction of sp³-hybridized carbons (Fsp3) is 0.500. The average Bonchev–Trinajstić information content (AvgIpc) is 2.17. The van der Waals surface area contributed by atoms with Gasteiger partial charge in [0.15, 0.2) is 0 Å². The molecule has 3 heteroatoms. The molecule has 0 fully saturated rings. The van der Waals surface area contributed by atoms with Crippen molar-refractivity contribution in [2.75, 3.05) is 0 Å². The summed E-state index contributed by atoms with van der Waals surface area (Å²) < 4.78 is 1.12. The van der Waals surface area contributed by atoms with E-state index < -0.39 is 0 Å². The Balaban J connectivity index is 2.82. The Hall–Kier alpha value is 0.01000. The Bertz CT molecular complexity index is 325. The van der Waals surface area contributed by atoms with Crippen molar-refractivity contribution < 1.29 is 0 Å². The summed E-state index contributed by atoms with van der Waals surface area (Å²) in [4.78, 5) is 1.31. The summed E-state index contributed by atoms with van der Waals surface area (Å²) in [7, 11) is 0. The first kappa shape index (κ1) is 13.1. The molecule has 2 unspecified atom stereocenters. The summed E-state index contributed by atoms with van der Waals surface area (Å²) in [5, 5.41) is 0.665. The van der Waals surface area contributed by atoms with Gasteiger partial charge in [-0.2, -0.15) is 0 Å². The van der Waals surface area contributed by atoms with Crippen LogP contribution in [0.3, 0.4) is 0 Å². The van der Waals surface area contributed by atoms with Crippen LogP contribution in [0.4, 0.5) is 0 Å². The second-order valence-electron chi connectivity index (χ2n) is 3.81. The lowest BCUT2D eigenvalue weighted by molar-refractivity contribution is 0.811. The topological polar surface area (TPSA) is 26.0 Å². The third-order valence-electron chi connectivity index (χ3n) is 2.37. The van der Waals surface area contributed by atoms with Crippen molar-refractivity contribution >= 4 is 27.7 Å². The molecule has 84 valence electrons. The Labute approximate surface area is 105 Å². The van der Waals surface area contributed by atoms with E-state index in [1.807, 2.05) is 18.7 Å². The first-order valence-corrected chi connectivity index (χ1v) is 6.93. The zero-order chi connectivity index (χ0) is 11.4. The van der Waals surface area contributed by atoms with Gasteiger partial charge in [-0.3, -0.25) is 0 Å². The molecule has 0 aliphatic rings. The quantitative estimate of drug-likeness (QED) is 0.833. The first-order valence-electron chi connectivity index (χ1n) is 5.26. The van der Waals surface area contributed by atoms with Crippen molar-refractivity contribution in [3.05, 3.63) is 28.2 Å². The highest BCUT2D eigenvalue weighted by atomic mass is 79.9. The lowest BCUT2D eigenvalue weighted by Gasteiger charge is -2.12. The Morgan fingerprint density at radius 2 is 2.07 bits per heavy atom. The molecular weight excluding hydrogens is 270 g/mol. The Morgan fingerprint density at radius 1 is 1.40 bits per heavy atom. The highest BCUT2D eigenvalue weighted by Gasteiger charge is 2.07. The van der Waals surface area contributed by atoms with Crippen LogP contribution in [-0.2, 0) is 0 Å². The minimum Gasteiger partial charge on any atom is -0.324 e. The van der Waals surface area contributed by atoms with E-state index in [-0.39, 0.29) is 6.04 Å². The SMILES string of the molecule is CCC(C)Sc1ccc(C(C)N)c(Br)c1. The van der Waals surface area contributed by atoms with Gasteiger partial charge in [-0.15, -0.1) is 11.8 Å². The fourth-order valence-electron chi connectivity index (χ4n) is 1.27. The molecule has 0 aromatic heterocycles. The molecule has 0 spiro atoms. The Kier molecular flexibility index (Phi) is 5.16. The van der Waals surface area contributed by atoms with Crippen molar-refractivity contribution in [1.29, 1.82) is 0 Å². The van der Waals surface area contributed by atoms with E-state index in [2.05, 4.69) is 48.0 Å². The third kappa shape index (κ3) is 3.82. The normalized spacial score (nSPS) is 15.0. The van der Waals surface area contributed by atoms with Crippen LogP contribution in [0, 0.1) is 0 Å². The summed E-state index contributed by atoms with van der Waals surface area (Å²) in [6, 6.07) is 6.51. The van der Waals surface area contributed by atoms with Crippen LogP contribution >= 0.6 is 27.7 Å². The summed E-state index contributed by atoms with van der Waals surface area (Å²) >= 11 is 5.47. The predicted molar refractivity (Wildman–Crippen MR) is 72.4 cm³/mol. The van der Waals surface area contributed by atoms with Crippen molar-refractivity contribution in [3.8, 4) is 0 Å². The van der Waals surface area contributed by atoms with Gasteiger partial charge in [-0.1, -0.05) is 35.8 Å². The van der Waals surface area contributed by atoms with Gasteiger partial charge in [0.25, 0.3) is 0 Å². The van der Waals surface area contributed by atoms with Crippen molar-refractivity contribution in [2.24, 2.45) is 5.73 Å². The fourth-order valence-corrected chi connectivity index (χ4v) is 3.12. The van der Waals surface area contributed by atoms with Crippen molar-refractivity contribution in [1.82, 2.24) is 0 Å². The molecule has 2 N–H and O–H groups in total. The van der Waals surface area contributed by atoms with Crippen LogP contribution in [0.25, 0.3) is 0 Å². The van der Waals surface area contributed by atoms with E-state index in [4.69, 9.17) is 5.73 Å². The molecule has 0 radical (unpaired) electrons. The van der Waals surface area contributed by atoms with E-state index >= 15 is 0 Å². The maximum atomic E-state index is 5.86. The summed E-state index contributed by atoms with van der Waals surface area (Å²) in [6.07, 6.45) is 1.19. The van der Waals surface area contributed by atoms with Crippen LogP contribution < -0.4 is 5.73 Å². The van der Waals surface area contributed by atoms with Gasteiger partial charge >= 0.3 is 0 Å². The van der Waals surface area contributed by atoms with E-state index in [0.717, 1.165) is 4.47 Å². The molecule has 1 aromatic rings. The van der Waals surface area contributed by atoms with Gasteiger partial charge in [0.05, 0.1) is 0 Å². The number of thioether (sulfide) groups is 1. The third-order valence-corrected chi connectivity index (χ3v) is 4.32. The smallest absolute Gasteiger partial charge is 0.0277 e. The molecule has 0 aliphatic heterocycles. The van der Waals surface area contributed by atoms with Crippen molar-refractivity contribution in [2.45, 2.75) is 43.4 Å². The number of hydrogen-bond acceptors (Lipinski definition) is 2. The van der Waals surface area contributed by atoms with Crippen molar-refractivity contribution in [3.63, 3.8) is 0 Å². The minimum atomic E-state index is 0.0852. The molecule has 2 atom stereocenters. The van der Waals surface area contributed by atoms with E-state index in [1.54, 1.807) is 0 Å². The maximum absolute atomic E-state index is 5.86. The molecule has 0 heterocycles. The van der Waals surface area contributed by atoms with Crippen LogP contribution in [0.5, 0.6) is 0 Å². The van der Waals surface area contributed by atoms with Gasteiger partial charge in [0.1, 0.15) is 0 Å². The van der Waals surface area contributed by atoms with Crippen LogP contribution in [0.15, 0.2) is 27.6 Å². The largest absolute Gasteiger partial charge is 0.324 e. The van der Waals surface area contributed by atoms with Crippen LogP contribution in [0.1, 0.15) is 38.8 Å². The van der Waals surface area contributed by atoms with E-state index in [1.165, 1.54) is 16.9 Å². The lowest BCUT2D eigenvalue weighted by atomic mass is 10.1. The van der Waals surface area contributed by atoms with Gasteiger partial charge in [0, 0.05) is 20.7 Å². The standard InChI is InChI=1S/C12H18BrNS/c1-4-8(2)15-10-5-6-11(9(3)14)12(13)7-10/h5-9H,4,14H2,1-3H3. The maximum Gasteiger partial charge on any atom is 0.0277 e. The van der Waals surface area contributed by atoms with Crippen LogP contribution in [0.2, 0.25) is 0 Å². The number of hydrogen-bond donors (Lipinski definition) is 1. The average molecular weight is 288 g/mol. The Morgan fingerprint density at radius 3 is 2.53 bits per heavy atom. The number of nitrogens with two attached hydrogens (primary N) is 1. The predicted octanol–water partition coefficient (Wildman–Crippen LogP) is 4.36. The van der Waals surface area contributed by atoms with Gasteiger partial charge in [-0.25, -0.2) is 0 Å². The number of benzene rings is 1. The number of halogens is 1. The monoisotopic (exact) mass is 287 g/mol. The van der Waals surface area contributed by atoms with E-state index in [0.29, 0.717) is 5.25 Å². The summed E-state index contributed by atoms with van der Waals surface area (Å²) in [6.45, 7) is 6.46. The molecule has 1 nitrogen and oxygen atoms in total. The molecule has 15 heavy (non-hydrogen) atoms. The molecule has 0 amide bonds. The zero-order valence-electron chi connectivity index (χ0n) is 9.46. The lowest BCUT2D eigenvalue weighted by Crippen LogP contribution is -2.05. The molecule has 0 saturated carbocycles. The van der Waals surface area contributed by atoms with Crippen LogP contribution in [-0.4, -0.2) is 5.25 Å². The summed E-state index contributed by atoms with van der Waals surface area (Å²) in [5.41, 5.74) is 7.03. The molecule has 1 aromatic carbocycles. The second kappa shape index (κ2) is 5.92.